The molecule has 4 atom stereocenters. The van der Waals surface area contributed by atoms with Gasteiger partial charge in [0.1, 0.15) is 24.0 Å². The van der Waals surface area contributed by atoms with Crippen LogP contribution < -0.4 is 5.56 Å². The van der Waals surface area contributed by atoms with Crippen molar-refractivity contribution in [3.8, 4) is 0 Å². The summed E-state index contributed by atoms with van der Waals surface area (Å²) in [5.41, 5.74) is 0.0501. The Morgan fingerprint density at radius 2 is 2.21 bits per heavy atom. The van der Waals surface area contributed by atoms with Gasteiger partial charge in [-0.05, 0) is 6.07 Å². The van der Waals surface area contributed by atoms with Crippen molar-refractivity contribution >= 4 is 11.0 Å². The highest BCUT2D eigenvalue weighted by Crippen LogP contribution is 2.31. The summed E-state index contributed by atoms with van der Waals surface area (Å²) in [5.74, 6) is 0. The molecule has 102 valence electrons. The zero-order valence-corrected chi connectivity index (χ0v) is 9.80. The Morgan fingerprint density at radius 3 is 2.89 bits per heavy atom. The predicted octanol–water partition coefficient (Wildman–Crippen LogP) is -1.66. The third-order valence-corrected chi connectivity index (χ3v) is 3.31. The van der Waals surface area contributed by atoms with E-state index < -0.39 is 31.1 Å². The van der Waals surface area contributed by atoms with Crippen LogP contribution in [-0.4, -0.2) is 54.8 Å². The summed E-state index contributed by atoms with van der Waals surface area (Å²) >= 11 is 0. The van der Waals surface area contributed by atoms with Crippen LogP contribution in [0.5, 0.6) is 0 Å². The number of aromatic amines is 1. The number of aromatic nitrogens is 3. The van der Waals surface area contributed by atoms with Gasteiger partial charge in [-0.1, -0.05) is 0 Å². The fourth-order valence-corrected chi connectivity index (χ4v) is 2.30. The third kappa shape index (κ3) is 1.77. The van der Waals surface area contributed by atoms with E-state index in [0.29, 0.717) is 11.0 Å². The van der Waals surface area contributed by atoms with Gasteiger partial charge in [-0.15, -0.1) is 0 Å². The molecule has 1 aliphatic heterocycles. The highest BCUT2D eigenvalue weighted by molar-refractivity contribution is 5.74. The van der Waals surface area contributed by atoms with E-state index in [4.69, 9.17) is 9.84 Å². The molecule has 3 heterocycles. The van der Waals surface area contributed by atoms with E-state index in [-0.39, 0.29) is 5.56 Å². The first-order valence-corrected chi connectivity index (χ1v) is 5.80. The van der Waals surface area contributed by atoms with Crippen LogP contribution in [0.3, 0.4) is 0 Å². The molecule has 0 bridgehead atoms. The Labute approximate surface area is 106 Å². The first-order chi connectivity index (χ1) is 9.13. The summed E-state index contributed by atoms with van der Waals surface area (Å²) in [5, 5.41) is 29.1. The highest BCUT2D eigenvalue weighted by atomic mass is 16.6. The number of aliphatic hydroxyl groups is 3. The molecule has 0 aromatic carbocycles. The van der Waals surface area contributed by atoms with Crippen molar-refractivity contribution in [2.24, 2.45) is 0 Å². The van der Waals surface area contributed by atoms with Gasteiger partial charge >= 0.3 is 0 Å². The van der Waals surface area contributed by atoms with E-state index in [2.05, 4.69) is 9.97 Å². The van der Waals surface area contributed by atoms with E-state index in [9.17, 15) is 15.0 Å². The van der Waals surface area contributed by atoms with Crippen LogP contribution in [0.25, 0.3) is 11.0 Å². The normalized spacial score (nSPS) is 31.1. The Morgan fingerprint density at radius 1 is 1.42 bits per heavy atom. The molecule has 8 nitrogen and oxygen atoms in total. The van der Waals surface area contributed by atoms with Gasteiger partial charge in [-0.25, -0.2) is 4.98 Å². The van der Waals surface area contributed by atoms with Crippen LogP contribution >= 0.6 is 0 Å². The van der Waals surface area contributed by atoms with Gasteiger partial charge in [-0.3, -0.25) is 4.79 Å². The van der Waals surface area contributed by atoms with E-state index in [1.165, 1.54) is 10.9 Å². The molecule has 1 saturated heterocycles. The number of nitrogens with one attached hydrogen (secondary N) is 1. The lowest BCUT2D eigenvalue weighted by Gasteiger charge is -2.17. The van der Waals surface area contributed by atoms with E-state index >= 15 is 0 Å². The van der Waals surface area contributed by atoms with E-state index in [1.54, 1.807) is 12.3 Å². The molecule has 1 aliphatic rings. The third-order valence-electron chi connectivity index (χ3n) is 3.31. The zero-order chi connectivity index (χ0) is 13.6. The molecule has 3 rings (SSSR count). The van der Waals surface area contributed by atoms with Gasteiger partial charge in [0.25, 0.3) is 5.56 Å². The molecule has 0 aliphatic carbocycles. The largest absolute Gasteiger partial charge is 0.394 e. The van der Waals surface area contributed by atoms with Crippen molar-refractivity contribution < 1.29 is 20.1 Å². The topological polar surface area (TPSA) is 121 Å². The average molecular weight is 267 g/mol. The molecule has 0 radical (unpaired) electrons. The first-order valence-electron chi connectivity index (χ1n) is 5.80. The highest BCUT2D eigenvalue weighted by Gasteiger charge is 2.43. The van der Waals surface area contributed by atoms with Crippen LogP contribution in [0.15, 0.2) is 23.4 Å². The number of rotatable bonds is 2. The number of H-pyrrole nitrogens is 1. The second-order valence-corrected chi connectivity index (χ2v) is 4.42. The number of ether oxygens (including phenoxy) is 1. The van der Waals surface area contributed by atoms with Gasteiger partial charge in [0.15, 0.2) is 6.23 Å². The molecule has 8 heteroatoms. The quantitative estimate of drug-likeness (QED) is 0.516. The zero-order valence-electron chi connectivity index (χ0n) is 9.80. The van der Waals surface area contributed by atoms with Crippen LogP contribution in [0.2, 0.25) is 0 Å². The lowest BCUT2D eigenvalue weighted by atomic mass is 10.1. The molecule has 2 aromatic heterocycles. The summed E-state index contributed by atoms with van der Waals surface area (Å²) in [6.07, 6.45) is -1.34. The van der Waals surface area contributed by atoms with Crippen molar-refractivity contribution in [3.63, 3.8) is 0 Å². The Hall–Kier alpha value is -1.74. The van der Waals surface area contributed by atoms with Gasteiger partial charge in [0.2, 0.25) is 0 Å². The maximum absolute atomic E-state index is 11.6. The molecular formula is C11H13N3O5. The molecule has 0 unspecified atom stereocenters. The summed E-state index contributed by atoms with van der Waals surface area (Å²) < 4.78 is 6.85. The van der Waals surface area contributed by atoms with Gasteiger partial charge in [0.05, 0.1) is 18.3 Å². The van der Waals surface area contributed by atoms with Crippen LogP contribution in [0.4, 0.5) is 0 Å². The van der Waals surface area contributed by atoms with E-state index in [0.717, 1.165) is 0 Å². The van der Waals surface area contributed by atoms with Crippen molar-refractivity contribution in [1.82, 2.24) is 14.5 Å². The first kappa shape index (κ1) is 12.3. The SMILES string of the molecule is O=c1[nH]cnc2c1ccn2[C@@H]1O[C@H](CO)[C@@H](O)[C@@H]1O. The summed E-state index contributed by atoms with van der Waals surface area (Å²) in [6, 6.07) is 1.55. The molecule has 1 fully saturated rings. The standard InChI is InChI=1S/C11H13N3O5/c15-3-6-7(16)8(17)11(19-6)14-2-1-5-9(14)12-4-13-10(5)18/h1-2,4,6-8,11,15-17H,3H2,(H,12,13,18)/t6-,7-,8+,11-/m1/s1. The maximum atomic E-state index is 11.6. The van der Waals surface area contributed by atoms with Gasteiger partial charge in [0, 0.05) is 6.20 Å². The molecule has 19 heavy (non-hydrogen) atoms. The van der Waals surface area contributed by atoms with Gasteiger partial charge < -0.3 is 29.6 Å². The van der Waals surface area contributed by atoms with Crippen LogP contribution in [0, 0.1) is 0 Å². The Kier molecular flexibility index (Phi) is 2.86. The van der Waals surface area contributed by atoms with Crippen molar-refractivity contribution in [1.29, 1.82) is 0 Å². The monoisotopic (exact) mass is 267 g/mol. The summed E-state index contributed by atoms with van der Waals surface area (Å²) in [7, 11) is 0. The van der Waals surface area contributed by atoms with E-state index in [1.807, 2.05) is 0 Å². The molecular weight excluding hydrogens is 254 g/mol. The minimum atomic E-state index is -1.20. The predicted molar refractivity (Wildman–Crippen MR) is 63.4 cm³/mol. The lowest BCUT2D eigenvalue weighted by Crippen LogP contribution is -2.33. The molecule has 0 spiro atoms. The molecule has 2 aromatic rings. The summed E-state index contributed by atoms with van der Waals surface area (Å²) in [4.78, 5) is 18.0. The Bertz CT molecular complexity index is 651. The van der Waals surface area contributed by atoms with Crippen molar-refractivity contribution in [2.75, 3.05) is 6.61 Å². The average Bonchev–Trinajstić information content (AvgIpc) is 2.94. The van der Waals surface area contributed by atoms with Crippen molar-refractivity contribution in [3.05, 3.63) is 28.9 Å². The second kappa shape index (κ2) is 4.42. The minimum Gasteiger partial charge on any atom is -0.394 e. The van der Waals surface area contributed by atoms with Crippen molar-refractivity contribution in [2.45, 2.75) is 24.5 Å². The number of hydrogen-bond acceptors (Lipinski definition) is 6. The number of hydrogen-bond donors (Lipinski definition) is 4. The molecule has 4 N–H and O–H groups in total. The second-order valence-electron chi connectivity index (χ2n) is 4.42. The number of aliphatic hydroxyl groups excluding tert-OH is 3. The Balaban J connectivity index is 2.06. The van der Waals surface area contributed by atoms with Crippen LogP contribution in [0.1, 0.15) is 6.23 Å². The number of nitrogens with zero attached hydrogens (tertiary/aromatic N) is 2. The fraction of sp³-hybridized carbons (Fsp3) is 0.455. The smallest absolute Gasteiger partial charge is 0.260 e. The molecule has 0 saturated carbocycles. The molecule has 0 amide bonds. The summed E-state index contributed by atoms with van der Waals surface area (Å²) in [6.45, 7) is -0.401. The maximum Gasteiger partial charge on any atom is 0.260 e. The fourth-order valence-electron chi connectivity index (χ4n) is 2.30. The van der Waals surface area contributed by atoms with Crippen LogP contribution in [-0.2, 0) is 4.74 Å². The minimum absolute atomic E-state index is 0.296. The number of fused-ring (bicyclic) bond motifs is 1. The lowest BCUT2D eigenvalue weighted by molar-refractivity contribution is -0.0508. The van der Waals surface area contributed by atoms with Gasteiger partial charge in [-0.2, -0.15) is 0 Å².